The molecular weight excluding hydrogens is 558 g/mol. The van der Waals surface area contributed by atoms with Gasteiger partial charge in [0.15, 0.2) is 17.1 Å². The van der Waals surface area contributed by atoms with E-state index in [2.05, 4.69) is 21.1 Å². The Hall–Kier alpha value is -4.86. The maximum Gasteiger partial charge on any atom is 0.240 e. The molecular formula is C33H31N7O4. The minimum Gasteiger partial charge on any atom is -0.380 e. The zero-order chi connectivity index (χ0) is 30.4. The molecule has 1 aliphatic heterocycles. The molecule has 5 aromatic rings. The maximum absolute atomic E-state index is 11.1. The summed E-state index contributed by atoms with van der Waals surface area (Å²) < 4.78 is 28.3. The van der Waals surface area contributed by atoms with Crippen molar-refractivity contribution in [2.45, 2.75) is 55.8 Å². The standard InChI is InChI=1S/C33H31N7O4/c1-31(42-19-23-13-7-3-8-14-23)32(21-34,25-17-37-29-28(35)38-30(36)39-40(25)29)44-27-26(41-18-22-11-5-2-6-12-22)33(27,31)43-20-24-15-9-4-10-16-24/h2-17,26-27H,18-20H2,1H3,(H4,35,36,38,39)/t26?,27-,31+,32?,33-/m1/s1. The van der Waals surface area contributed by atoms with Crippen molar-refractivity contribution in [3.63, 3.8) is 0 Å². The number of rotatable bonds is 10. The van der Waals surface area contributed by atoms with Crippen molar-refractivity contribution in [3.05, 3.63) is 120 Å². The second kappa shape index (κ2) is 10.7. The molecule has 2 aromatic heterocycles. The molecule has 3 heterocycles. The van der Waals surface area contributed by atoms with Gasteiger partial charge in [0.25, 0.3) is 0 Å². The number of nitriles is 1. The van der Waals surface area contributed by atoms with Crippen LogP contribution in [0.25, 0.3) is 5.65 Å². The lowest BCUT2D eigenvalue weighted by Crippen LogP contribution is -2.60. The summed E-state index contributed by atoms with van der Waals surface area (Å²) in [5.74, 6) is 0.00234. The monoisotopic (exact) mass is 589 g/mol. The molecule has 0 spiro atoms. The van der Waals surface area contributed by atoms with E-state index in [-0.39, 0.29) is 30.6 Å². The van der Waals surface area contributed by atoms with Crippen molar-refractivity contribution in [2.75, 3.05) is 11.5 Å². The molecule has 2 aliphatic rings. The molecule has 11 heteroatoms. The van der Waals surface area contributed by atoms with E-state index < -0.39 is 29.0 Å². The first kappa shape index (κ1) is 27.9. The fourth-order valence-electron chi connectivity index (χ4n) is 6.30. The molecule has 2 unspecified atom stereocenters. The molecule has 222 valence electrons. The second-order valence-electron chi connectivity index (χ2n) is 11.2. The Labute approximate surface area is 254 Å². The van der Waals surface area contributed by atoms with Crippen LogP contribution < -0.4 is 11.5 Å². The lowest BCUT2D eigenvalue weighted by Gasteiger charge is -2.43. The minimum atomic E-state index is -1.75. The van der Waals surface area contributed by atoms with Gasteiger partial charge in [-0.15, -0.1) is 5.10 Å². The topological polar surface area (TPSA) is 156 Å². The zero-order valence-electron chi connectivity index (χ0n) is 24.0. The fourth-order valence-corrected chi connectivity index (χ4v) is 6.30. The van der Waals surface area contributed by atoms with Crippen LogP contribution in [0.2, 0.25) is 0 Å². The van der Waals surface area contributed by atoms with Gasteiger partial charge in [0.05, 0.1) is 26.0 Å². The number of imidazole rings is 1. The predicted molar refractivity (Wildman–Crippen MR) is 160 cm³/mol. The lowest BCUT2D eigenvalue weighted by molar-refractivity contribution is -0.224. The Kier molecular flexibility index (Phi) is 6.79. The van der Waals surface area contributed by atoms with Gasteiger partial charge in [-0.1, -0.05) is 91.0 Å². The number of nitrogens with zero attached hydrogens (tertiary/aromatic N) is 5. The van der Waals surface area contributed by atoms with Crippen LogP contribution in [0.1, 0.15) is 29.3 Å². The highest BCUT2D eigenvalue weighted by Gasteiger charge is 2.90. The van der Waals surface area contributed by atoms with Crippen LogP contribution in [-0.2, 0) is 44.4 Å². The SMILES string of the molecule is C[C@]1(OCc2ccccc2)C(C#N)(c2cnc3c(N)nc(N)nn23)O[C@@H]2C(OCc3ccccc3)[C@@]21OCc1ccccc1. The molecule has 0 bridgehead atoms. The highest BCUT2D eigenvalue weighted by molar-refractivity contribution is 5.62. The van der Waals surface area contributed by atoms with Gasteiger partial charge in [-0.3, -0.25) is 0 Å². The molecule has 0 radical (unpaired) electrons. The number of anilines is 2. The average Bonchev–Trinajstić information content (AvgIpc) is 3.32. The van der Waals surface area contributed by atoms with E-state index in [9.17, 15) is 5.26 Å². The smallest absolute Gasteiger partial charge is 0.240 e. The quantitative estimate of drug-likeness (QED) is 0.245. The van der Waals surface area contributed by atoms with Crippen molar-refractivity contribution < 1.29 is 18.9 Å². The highest BCUT2D eigenvalue weighted by atomic mass is 16.7. The molecule has 1 saturated heterocycles. The van der Waals surface area contributed by atoms with Gasteiger partial charge >= 0.3 is 0 Å². The summed E-state index contributed by atoms with van der Waals surface area (Å²) in [6.07, 6.45) is 0.304. The first-order chi connectivity index (χ1) is 21.4. The molecule has 5 atom stereocenters. The molecule has 1 aliphatic carbocycles. The zero-order valence-corrected chi connectivity index (χ0v) is 24.0. The highest BCUT2D eigenvalue weighted by Crippen LogP contribution is 2.68. The van der Waals surface area contributed by atoms with Crippen molar-refractivity contribution >= 4 is 17.4 Å². The van der Waals surface area contributed by atoms with E-state index in [0.29, 0.717) is 12.3 Å². The number of aromatic nitrogens is 4. The van der Waals surface area contributed by atoms with Crippen molar-refractivity contribution in [2.24, 2.45) is 0 Å². The predicted octanol–water partition coefficient (Wildman–Crippen LogP) is 3.94. The summed E-state index contributed by atoms with van der Waals surface area (Å²) in [7, 11) is 0. The number of hydrogen-bond donors (Lipinski definition) is 2. The Morgan fingerprint density at radius 1 is 0.864 bits per heavy atom. The third kappa shape index (κ3) is 4.23. The Morgan fingerprint density at radius 3 is 2.02 bits per heavy atom. The molecule has 0 amide bonds. The third-order valence-corrected chi connectivity index (χ3v) is 8.62. The summed E-state index contributed by atoms with van der Waals surface area (Å²) in [5.41, 5.74) is 11.2. The van der Waals surface area contributed by atoms with Crippen molar-refractivity contribution in [1.29, 1.82) is 5.26 Å². The van der Waals surface area contributed by atoms with Gasteiger partial charge in [-0.05, 0) is 23.6 Å². The van der Waals surface area contributed by atoms with Crippen LogP contribution >= 0.6 is 0 Å². The summed E-state index contributed by atoms with van der Waals surface area (Å²) in [6, 6.07) is 31.8. The molecule has 2 fully saturated rings. The minimum absolute atomic E-state index is 0.0727. The van der Waals surface area contributed by atoms with Gasteiger partial charge < -0.3 is 30.4 Å². The van der Waals surface area contributed by atoms with Crippen LogP contribution in [-0.4, -0.2) is 43.0 Å². The lowest BCUT2D eigenvalue weighted by atomic mass is 9.77. The molecule has 11 nitrogen and oxygen atoms in total. The number of fused-ring (bicyclic) bond motifs is 2. The second-order valence-corrected chi connectivity index (χ2v) is 11.2. The van der Waals surface area contributed by atoms with Crippen molar-refractivity contribution in [3.8, 4) is 6.07 Å². The molecule has 7 rings (SSSR count). The van der Waals surface area contributed by atoms with E-state index in [1.54, 1.807) is 0 Å². The number of ether oxygens (including phenoxy) is 4. The Balaban J connectivity index is 1.35. The largest absolute Gasteiger partial charge is 0.380 e. The van der Waals surface area contributed by atoms with E-state index in [0.717, 1.165) is 16.7 Å². The number of nitrogens with two attached hydrogens (primary N) is 2. The van der Waals surface area contributed by atoms with Gasteiger partial charge in [0.1, 0.15) is 29.6 Å². The number of nitrogen functional groups attached to an aromatic ring is 2. The van der Waals surface area contributed by atoms with E-state index in [1.165, 1.54) is 10.7 Å². The number of benzene rings is 3. The average molecular weight is 590 g/mol. The summed E-state index contributed by atoms with van der Waals surface area (Å²) in [5, 5.41) is 15.4. The van der Waals surface area contributed by atoms with E-state index in [1.807, 2.05) is 97.9 Å². The molecule has 4 N–H and O–H groups in total. The van der Waals surface area contributed by atoms with Crippen LogP contribution in [0.5, 0.6) is 0 Å². The Morgan fingerprint density at radius 2 is 1.43 bits per heavy atom. The summed E-state index contributed by atoms with van der Waals surface area (Å²) in [4.78, 5) is 8.46. The van der Waals surface area contributed by atoms with E-state index in [4.69, 9.17) is 30.4 Å². The maximum atomic E-state index is 11.1. The van der Waals surface area contributed by atoms with Crippen LogP contribution in [0.4, 0.5) is 11.8 Å². The van der Waals surface area contributed by atoms with Crippen LogP contribution in [0.15, 0.2) is 97.2 Å². The molecule has 1 saturated carbocycles. The van der Waals surface area contributed by atoms with Gasteiger partial charge in [-0.2, -0.15) is 10.2 Å². The number of hydrogen-bond acceptors (Lipinski definition) is 10. The van der Waals surface area contributed by atoms with E-state index >= 15 is 0 Å². The van der Waals surface area contributed by atoms with Crippen LogP contribution in [0, 0.1) is 11.3 Å². The fraction of sp³-hybridized carbons (Fsp3) is 0.273. The summed E-state index contributed by atoms with van der Waals surface area (Å²) >= 11 is 0. The van der Waals surface area contributed by atoms with Gasteiger partial charge in [-0.25, -0.2) is 9.50 Å². The van der Waals surface area contributed by atoms with Crippen LogP contribution in [0.3, 0.4) is 0 Å². The third-order valence-electron chi connectivity index (χ3n) is 8.62. The van der Waals surface area contributed by atoms with Crippen molar-refractivity contribution in [1.82, 2.24) is 19.6 Å². The van der Waals surface area contributed by atoms with Gasteiger partial charge in [0, 0.05) is 0 Å². The normalized spacial score (nSPS) is 27.2. The molecule has 3 aromatic carbocycles. The summed E-state index contributed by atoms with van der Waals surface area (Å²) in [6.45, 7) is 2.58. The first-order valence-corrected chi connectivity index (χ1v) is 14.3. The first-order valence-electron chi connectivity index (χ1n) is 14.3. The molecule has 44 heavy (non-hydrogen) atoms. The Bertz CT molecular complexity index is 1830. The van der Waals surface area contributed by atoms with Gasteiger partial charge in [0.2, 0.25) is 11.5 Å².